The Balaban J connectivity index is 1.89. The molecule has 1 heterocycles. The smallest absolute Gasteiger partial charge is 0.317 e. The predicted molar refractivity (Wildman–Crippen MR) is 171 cm³/mol. The van der Waals surface area contributed by atoms with E-state index >= 15 is 0 Å². The maximum Gasteiger partial charge on any atom is 0.317 e. The molecule has 3 rings (SSSR count). The number of hydrogen-bond donors (Lipinski definition) is 3. The highest BCUT2D eigenvalue weighted by molar-refractivity contribution is 7.91. The number of hydrogen-bond acceptors (Lipinski definition) is 7. The number of carboxylic acid groups (broad SMARTS) is 2. The van der Waals surface area contributed by atoms with Gasteiger partial charge >= 0.3 is 11.9 Å². The molecule has 2 atom stereocenters. The van der Waals surface area contributed by atoms with Gasteiger partial charge in [-0.3, -0.25) is 9.59 Å². The fourth-order valence-corrected chi connectivity index (χ4v) is 8.52. The molecule has 44 heavy (non-hydrogen) atoms. The van der Waals surface area contributed by atoms with Crippen LogP contribution in [0, 0.1) is 11.3 Å². The molecule has 2 aromatic rings. The number of carbonyl (C=O) groups is 2. The third-order valence-corrected chi connectivity index (χ3v) is 10.9. The van der Waals surface area contributed by atoms with Gasteiger partial charge in [0.2, 0.25) is 0 Å². The summed E-state index contributed by atoms with van der Waals surface area (Å²) in [4.78, 5) is 24.3. The van der Waals surface area contributed by atoms with Gasteiger partial charge in [-0.15, -0.1) is 0 Å². The summed E-state index contributed by atoms with van der Waals surface area (Å²) in [5.41, 5.74) is 1.53. The number of anilines is 1. The quantitative estimate of drug-likeness (QED) is 0.139. The Labute approximate surface area is 262 Å². The SMILES string of the molecule is CCCCC1(CCCC)CS(=O)(=O)c2ccc(N(C)C)cc2[C@@H](c2ccc(OCCCCCC(C(=O)O)C(=O)O)cc2)C1O. The van der Waals surface area contributed by atoms with Gasteiger partial charge in [-0.05, 0) is 67.1 Å². The summed E-state index contributed by atoms with van der Waals surface area (Å²) in [6.45, 7) is 4.56. The highest BCUT2D eigenvalue weighted by Crippen LogP contribution is 2.50. The van der Waals surface area contributed by atoms with Crippen molar-refractivity contribution in [1.29, 1.82) is 0 Å². The van der Waals surface area contributed by atoms with Crippen molar-refractivity contribution in [3.63, 3.8) is 0 Å². The Hall–Kier alpha value is -3.11. The summed E-state index contributed by atoms with van der Waals surface area (Å²) in [5, 5.41) is 30.3. The van der Waals surface area contributed by atoms with Crippen molar-refractivity contribution >= 4 is 27.5 Å². The Kier molecular flexibility index (Phi) is 12.7. The molecule has 0 amide bonds. The molecule has 1 aliphatic rings. The lowest BCUT2D eigenvalue weighted by Gasteiger charge is -2.40. The van der Waals surface area contributed by atoms with Crippen LogP contribution in [0.25, 0.3) is 0 Å². The summed E-state index contributed by atoms with van der Waals surface area (Å²) in [6, 6.07) is 12.9. The molecule has 9 nitrogen and oxygen atoms in total. The normalized spacial score (nSPS) is 18.8. The zero-order chi connectivity index (χ0) is 32.5. The standard InChI is InChI=1S/C34H49NO8S/c1-5-7-19-34(20-8-6-2)23-44(41,42)29-18-15-25(35(3)4)22-28(29)30(31(34)36)24-13-16-26(17-14-24)43-21-11-9-10-12-27(32(37)38)33(39)40/h13-18,22,27,30-31,36H,5-12,19-21,23H2,1-4H3,(H,37,38)(H,39,40)/t30-,31?/m1/s1. The summed E-state index contributed by atoms with van der Waals surface area (Å²) >= 11 is 0. The monoisotopic (exact) mass is 631 g/mol. The van der Waals surface area contributed by atoms with Gasteiger partial charge in [0.15, 0.2) is 15.8 Å². The number of fused-ring (bicyclic) bond motifs is 1. The topological polar surface area (TPSA) is 141 Å². The molecule has 0 aliphatic carbocycles. The molecule has 0 spiro atoms. The molecule has 244 valence electrons. The number of aliphatic carboxylic acids is 2. The summed E-state index contributed by atoms with van der Waals surface area (Å²) in [6.07, 6.45) is 5.69. The minimum absolute atomic E-state index is 0.0765. The predicted octanol–water partition coefficient (Wildman–Crippen LogP) is 6.12. The van der Waals surface area contributed by atoms with E-state index in [1.54, 1.807) is 6.07 Å². The molecule has 10 heteroatoms. The van der Waals surface area contributed by atoms with E-state index in [-0.39, 0.29) is 17.1 Å². The molecule has 1 aliphatic heterocycles. The van der Waals surface area contributed by atoms with Crippen LogP contribution < -0.4 is 9.64 Å². The number of nitrogens with zero attached hydrogens (tertiary/aromatic N) is 1. The number of benzene rings is 2. The molecule has 0 saturated carbocycles. The van der Waals surface area contributed by atoms with Gasteiger partial charge in [0, 0.05) is 31.1 Å². The molecule has 2 aromatic carbocycles. The molecule has 0 fully saturated rings. The van der Waals surface area contributed by atoms with E-state index in [2.05, 4.69) is 13.8 Å². The van der Waals surface area contributed by atoms with Crippen molar-refractivity contribution in [1.82, 2.24) is 0 Å². The Bertz CT molecular complexity index is 1330. The van der Waals surface area contributed by atoms with Gasteiger partial charge in [-0.25, -0.2) is 8.42 Å². The number of aliphatic hydroxyl groups excluding tert-OH is 1. The van der Waals surface area contributed by atoms with Gasteiger partial charge in [-0.1, -0.05) is 64.5 Å². The third-order valence-electron chi connectivity index (χ3n) is 8.90. The highest BCUT2D eigenvalue weighted by Gasteiger charge is 2.49. The molecule has 3 N–H and O–H groups in total. The van der Waals surface area contributed by atoms with Crippen LogP contribution in [0.2, 0.25) is 0 Å². The molecule has 0 bridgehead atoms. The third kappa shape index (κ3) is 8.53. The summed E-state index contributed by atoms with van der Waals surface area (Å²) < 4.78 is 33.9. The first-order valence-electron chi connectivity index (χ1n) is 15.8. The van der Waals surface area contributed by atoms with Gasteiger partial charge < -0.3 is 25.0 Å². The molecule has 0 aromatic heterocycles. The van der Waals surface area contributed by atoms with Crippen molar-refractivity contribution in [2.75, 3.05) is 31.4 Å². The first-order valence-corrected chi connectivity index (χ1v) is 17.4. The van der Waals surface area contributed by atoms with E-state index in [4.69, 9.17) is 14.9 Å². The Morgan fingerprint density at radius 2 is 1.55 bits per heavy atom. The largest absolute Gasteiger partial charge is 0.494 e. The van der Waals surface area contributed by atoms with Crippen LogP contribution in [0.15, 0.2) is 47.4 Å². The van der Waals surface area contributed by atoms with Gasteiger partial charge in [-0.2, -0.15) is 0 Å². The van der Waals surface area contributed by atoms with Gasteiger partial charge in [0.25, 0.3) is 0 Å². The van der Waals surface area contributed by atoms with Crippen LogP contribution >= 0.6 is 0 Å². The maximum absolute atomic E-state index is 14.0. The number of unbranched alkanes of at least 4 members (excludes halogenated alkanes) is 4. The van der Waals surface area contributed by atoms with Gasteiger partial charge in [0.1, 0.15) is 5.75 Å². The zero-order valence-electron chi connectivity index (χ0n) is 26.5. The molecular weight excluding hydrogens is 582 g/mol. The molecule has 0 radical (unpaired) electrons. The first kappa shape index (κ1) is 35.4. The fourth-order valence-electron chi connectivity index (χ4n) is 6.33. The van der Waals surface area contributed by atoms with Crippen molar-refractivity contribution in [3.05, 3.63) is 53.6 Å². The molecule has 0 saturated heterocycles. The minimum Gasteiger partial charge on any atom is -0.494 e. The van der Waals surface area contributed by atoms with E-state index in [1.807, 2.05) is 55.4 Å². The average Bonchev–Trinajstić information content (AvgIpc) is 3.04. The second kappa shape index (κ2) is 15.8. The second-order valence-corrected chi connectivity index (χ2v) is 14.3. The van der Waals surface area contributed by atoms with E-state index in [9.17, 15) is 23.1 Å². The van der Waals surface area contributed by atoms with Crippen molar-refractivity contribution in [2.24, 2.45) is 11.3 Å². The molecular formula is C34H49NO8S. The number of aliphatic hydroxyl groups is 1. The second-order valence-electron chi connectivity index (χ2n) is 12.4. The number of ether oxygens (including phenoxy) is 1. The van der Waals surface area contributed by atoms with Crippen LogP contribution in [0.1, 0.15) is 95.1 Å². The van der Waals surface area contributed by atoms with E-state index < -0.39 is 45.1 Å². The van der Waals surface area contributed by atoms with Crippen LogP contribution in [0.4, 0.5) is 5.69 Å². The van der Waals surface area contributed by atoms with Crippen LogP contribution in [-0.4, -0.2) is 68.2 Å². The van der Waals surface area contributed by atoms with Crippen molar-refractivity contribution < 1.29 is 38.1 Å². The summed E-state index contributed by atoms with van der Waals surface area (Å²) in [5.74, 6) is -4.02. The molecule has 1 unspecified atom stereocenters. The lowest BCUT2D eigenvalue weighted by Crippen LogP contribution is -2.43. The highest BCUT2D eigenvalue weighted by atomic mass is 32.2. The fraction of sp³-hybridized carbons (Fsp3) is 0.588. The Morgan fingerprint density at radius 1 is 0.932 bits per heavy atom. The van der Waals surface area contributed by atoms with E-state index in [0.29, 0.717) is 50.0 Å². The number of sulfone groups is 1. The van der Waals surface area contributed by atoms with Crippen molar-refractivity contribution in [3.8, 4) is 5.75 Å². The average molecular weight is 632 g/mol. The maximum atomic E-state index is 14.0. The summed E-state index contributed by atoms with van der Waals surface area (Å²) in [7, 11) is 0.147. The van der Waals surface area contributed by atoms with E-state index in [1.165, 1.54) is 0 Å². The van der Waals surface area contributed by atoms with Crippen LogP contribution in [0.3, 0.4) is 0 Å². The zero-order valence-corrected chi connectivity index (χ0v) is 27.3. The lowest BCUT2D eigenvalue weighted by atomic mass is 9.68. The Morgan fingerprint density at radius 3 is 2.09 bits per heavy atom. The van der Waals surface area contributed by atoms with Crippen LogP contribution in [0.5, 0.6) is 5.75 Å². The van der Waals surface area contributed by atoms with Crippen LogP contribution in [-0.2, 0) is 19.4 Å². The number of carboxylic acids is 2. The van der Waals surface area contributed by atoms with Crippen molar-refractivity contribution in [2.45, 2.75) is 95.0 Å². The first-order chi connectivity index (χ1) is 20.9. The number of rotatable bonds is 17. The van der Waals surface area contributed by atoms with Gasteiger partial charge in [0.05, 0.1) is 23.4 Å². The van der Waals surface area contributed by atoms with E-state index in [0.717, 1.165) is 36.9 Å². The lowest BCUT2D eigenvalue weighted by molar-refractivity contribution is -0.154. The minimum atomic E-state index is -3.67.